The van der Waals surface area contributed by atoms with Crippen molar-refractivity contribution < 1.29 is 22.0 Å². The van der Waals surface area contributed by atoms with Gasteiger partial charge in [0.25, 0.3) is 5.89 Å². The second-order valence-corrected chi connectivity index (χ2v) is 10.1. The lowest BCUT2D eigenvalue weighted by atomic mass is 9.93. The lowest BCUT2D eigenvalue weighted by Crippen LogP contribution is -2.51. The van der Waals surface area contributed by atoms with Crippen molar-refractivity contribution in [3.05, 3.63) is 24.1 Å². The third kappa shape index (κ3) is 4.00. The fraction of sp³-hybridized carbons (Fsp3) is 0.526. The largest absolute Gasteiger partial charge is 0.459 e. The van der Waals surface area contributed by atoms with E-state index in [0.29, 0.717) is 44.0 Å². The highest BCUT2D eigenvalue weighted by atomic mass is 32.2. The summed E-state index contributed by atoms with van der Waals surface area (Å²) in [7, 11) is -3.08. The molecule has 29 heavy (non-hydrogen) atoms. The van der Waals surface area contributed by atoms with E-state index in [0.717, 1.165) is 0 Å². The molecule has 0 radical (unpaired) electrons. The van der Waals surface area contributed by atoms with Crippen LogP contribution in [0.2, 0.25) is 0 Å². The van der Waals surface area contributed by atoms with Crippen LogP contribution in [0.5, 0.6) is 0 Å². The number of furan rings is 1. The van der Waals surface area contributed by atoms with Gasteiger partial charge in [0.15, 0.2) is 15.6 Å². The summed E-state index contributed by atoms with van der Waals surface area (Å²) < 4.78 is 34.5. The summed E-state index contributed by atoms with van der Waals surface area (Å²) in [5, 5.41) is 12.3. The highest BCUT2D eigenvalue weighted by molar-refractivity contribution is 7.91. The average molecular weight is 418 g/mol. The van der Waals surface area contributed by atoms with E-state index in [4.69, 9.17) is 8.83 Å². The number of anilines is 1. The molecule has 4 rings (SSSR count). The molecule has 10 heteroatoms. The van der Waals surface area contributed by atoms with E-state index >= 15 is 0 Å². The Morgan fingerprint density at radius 2 is 2.17 bits per heavy atom. The maximum absolute atomic E-state index is 12.7. The average Bonchev–Trinajstić information content (AvgIpc) is 3.40. The molecule has 1 unspecified atom stereocenters. The molecule has 1 amide bonds. The standard InChI is InChI=1S/C19H22N4O5S/c1-19(6-10-29(25,26)12-19)22-16(24)13-4-7-23(8-5-13)18-14(11-20)21-17(28-18)15-3-2-9-27-15/h2-3,9,13H,4-8,10,12H2,1H3,(H,22,24). The second-order valence-electron chi connectivity index (χ2n) is 7.92. The van der Waals surface area contributed by atoms with Crippen LogP contribution in [-0.4, -0.2) is 49.4 Å². The number of sulfone groups is 1. The van der Waals surface area contributed by atoms with Crippen molar-refractivity contribution in [1.29, 1.82) is 5.26 Å². The van der Waals surface area contributed by atoms with Crippen molar-refractivity contribution in [2.24, 2.45) is 5.92 Å². The van der Waals surface area contributed by atoms with E-state index in [2.05, 4.69) is 10.3 Å². The Morgan fingerprint density at radius 3 is 2.76 bits per heavy atom. The number of amides is 1. The first-order chi connectivity index (χ1) is 13.8. The molecule has 154 valence electrons. The molecule has 0 bridgehead atoms. The van der Waals surface area contributed by atoms with Gasteiger partial charge in [0.1, 0.15) is 6.07 Å². The number of oxazole rings is 1. The molecule has 4 heterocycles. The van der Waals surface area contributed by atoms with E-state index < -0.39 is 15.4 Å². The molecule has 2 saturated heterocycles. The molecule has 9 nitrogen and oxygen atoms in total. The fourth-order valence-electron chi connectivity index (χ4n) is 3.96. The molecule has 2 aliphatic rings. The Kier molecular flexibility index (Phi) is 4.86. The van der Waals surface area contributed by atoms with Crippen LogP contribution < -0.4 is 10.2 Å². The minimum absolute atomic E-state index is 0.0102. The van der Waals surface area contributed by atoms with Crippen molar-refractivity contribution >= 4 is 21.6 Å². The fourth-order valence-corrected chi connectivity index (χ4v) is 6.05. The van der Waals surface area contributed by atoms with Gasteiger partial charge in [-0.05, 0) is 38.3 Å². The van der Waals surface area contributed by atoms with E-state index in [1.165, 1.54) is 6.26 Å². The highest BCUT2D eigenvalue weighted by Crippen LogP contribution is 2.32. The number of piperidine rings is 1. The van der Waals surface area contributed by atoms with E-state index in [-0.39, 0.29) is 34.9 Å². The zero-order valence-electron chi connectivity index (χ0n) is 16.1. The topological polar surface area (TPSA) is 129 Å². The first-order valence-corrected chi connectivity index (χ1v) is 11.3. The molecule has 0 aliphatic carbocycles. The summed E-state index contributed by atoms with van der Waals surface area (Å²) in [6.45, 7) is 2.86. The Hall–Kier alpha value is -2.80. The van der Waals surface area contributed by atoms with Gasteiger partial charge in [-0.2, -0.15) is 10.2 Å². The van der Waals surface area contributed by atoms with Crippen LogP contribution in [0.3, 0.4) is 0 Å². The smallest absolute Gasteiger partial charge is 0.266 e. The van der Waals surface area contributed by atoms with Crippen LogP contribution in [0.15, 0.2) is 27.2 Å². The number of nitrogens with one attached hydrogen (secondary N) is 1. The minimum Gasteiger partial charge on any atom is -0.459 e. The van der Waals surface area contributed by atoms with Crippen molar-refractivity contribution in [2.45, 2.75) is 31.7 Å². The van der Waals surface area contributed by atoms with Gasteiger partial charge in [0.2, 0.25) is 17.5 Å². The first-order valence-electron chi connectivity index (χ1n) is 9.51. The van der Waals surface area contributed by atoms with Gasteiger partial charge in [-0.1, -0.05) is 0 Å². The molecule has 1 N–H and O–H groups in total. The monoisotopic (exact) mass is 418 g/mol. The van der Waals surface area contributed by atoms with E-state index in [1.54, 1.807) is 19.1 Å². The number of carbonyl (C=O) groups excluding carboxylic acids is 1. The maximum atomic E-state index is 12.7. The Labute approximate surface area is 168 Å². The van der Waals surface area contributed by atoms with Crippen LogP contribution in [0, 0.1) is 17.2 Å². The van der Waals surface area contributed by atoms with Gasteiger partial charge in [0.05, 0.1) is 23.3 Å². The van der Waals surface area contributed by atoms with E-state index in [1.807, 2.05) is 11.0 Å². The number of hydrogen-bond acceptors (Lipinski definition) is 8. The van der Waals surface area contributed by atoms with Crippen molar-refractivity contribution in [3.8, 4) is 17.7 Å². The van der Waals surface area contributed by atoms with Crippen molar-refractivity contribution in [3.63, 3.8) is 0 Å². The van der Waals surface area contributed by atoms with Crippen LogP contribution in [-0.2, 0) is 14.6 Å². The Balaban J connectivity index is 1.40. The quantitative estimate of drug-likeness (QED) is 0.794. The maximum Gasteiger partial charge on any atom is 0.266 e. The highest BCUT2D eigenvalue weighted by Gasteiger charge is 2.41. The number of aromatic nitrogens is 1. The number of nitriles is 1. The SMILES string of the molecule is CC1(NC(=O)C2CCN(c3oc(-c4ccco4)nc3C#N)CC2)CCS(=O)(=O)C1. The van der Waals surface area contributed by atoms with Gasteiger partial charge >= 0.3 is 0 Å². The summed E-state index contributed by atoms with van der Waals surface area (Å²) in [4.78, 5) is 18.8. The van der Waals surface area contributed by atoms with Crippen molar-refractivity contribution in [2.75, 3.05) is 29.5 Å². The van der Waals surface area contributed by atoms with E-state index in [9.17, 15) is 18.5 Å². The third-order valence-corrected chi connectivity index (χ3v) is 7.43. The number of rotatable bonds is 4. The van der Waals surface area contributed by atoms with Gasteiger partial charge in [-0.3, -0.25) is 4.79 Å². The normalized spacial score (nSPS) is 24.3. The summed E-state index contributed by atoms with van der Waals surface area (Å²) >= 11 is 0. The van der Waals surface area contributed by atoms with Crippen LogP contribution in [0.25, 0.3) is 11.7 Å². The van der Waals surface area contributed by atoms with Crippen molar-refractivity contribution in [1.82, 2.24) is 10.3 Å². The molecular formula is C19H22N4O5S. The predicted molar refractivity (Wildman–Crippen MR) is 104 cm³/mol. The summed E-state index contributed by atoms with van der Waals surface area (Å²) in [5.41, 5.74) is -0.507. The predicted octanol–water partition coefficient (Wildman–Crippen LogP) is 1.72. The van der Waals surface area contributed by atoms with Gasteiger partial charge in [-0.15, -0.1) is 0 Å². The zero-order valence-corrected chi connectivity index (χ0v) is 16.9. The van der Waals surface area contributed by atoms with Crippen LogP contribution in [0.1, 0.15) is 31.9 Å². The molecular weight excluding hydrogens is 396 g/mol. The number of carbonyl (C=O) groups is 1. The molecule has 0 spiro atoms. The summed E-state index contributed by atoms with van der Waals surface area (Å²) in [6.07, 6.45) is 3.11. The van der Waals surface area contributed by atoms with Gasteiger partial charge in [0, 0.05) is 19.0 Å². The summed E-state index contributed by atoms with van der Waals surface area (Å²) in [6, 6.07) is 5.46. The first kappa shape index (κ1) is 19.5. The van der Waals surface area contributed by atoms with Gasteiger partial charge < -0.3 is 19.1 Å². The Bertz CT molecular complexity index is 1050. The lowest BCUT2D eigenvalue weighted by molar-refractivity contribution is -0.127. The number of hydrogen-bond donors (Lipinski definition) is 1. The van der Waals surface area contributed by atoms with Crippen LogP contribution in [0.4, 0.5) is 5.88 Å². The molecule has 1 atom stereocenters. The Morgan fingerprint density at radius 1 is 1.41 bits per heavy atom. The second kappa shape index (κ2) is 7.22. The molecule has 2 fully saturated rings. The minimum atomic E-state index is -3.08. The molecule has 0 aromatic carbocycles. The van der Waals surface area contributed by atoms with Crippen LogP contribution >= 0.6 is 0 Å². The lowest BCUT2D eigenvalue weighted by Gasteiger charge is -2.33. The zero-order chi connectivity index (χ0) is 20.6. The molecule has 0 saturated carbocycles. The molecule has 2 aromatic heterocycles. The van der Waals surface area contributed by atoms with Gasteiger partial charge in [-0.25, -0.2) is 8.42 Å². The number of nitrogens with zero attached hydrogens (tertiary/aromatic N) is 3. The molecule has 2 aromatic rings. The molecule has 2 aliphatic heterocycles. The third-order valence-electron chi connectivity index (χ3n) is 5.53. The summed E-state index contributed by atoms with van der Waals surface area (Å²) in [5.74, 6) is 0.861.